The molecule has 6 heteroatoms. The van der Waals surface area contributed by atoms with Crippen LogP contribution in [0.4, 0.5) is 0 Å². The van der Waals surface area contributed by atoms with Crippen LogP contribution in [0, 0.1) is 5.92 Å². The van der Waals surface area contributed by atoms with Gasteiger partial charge in [0.25, 0.3) is 5.91 Å². The van der Waals surface area contributed by atoms with Crippen LogP contribution >= 0.6 is 0 Å². The van der Waals surface area contributed by atoms with Crippen molar-refractivity contribution in [3.63, 3.8) is 0 Å². The quantitative estimate of drug-likeness (QED) is 0.763. The first-order valence-electron chi connectivity index (χ1n) is 5.09. The lowest BCUT2D eigenvalue weighted by Gasteiger charge is -2.15. The van der Waals surface area contributed by atoms with Crippen molar-refractivity contribution in [1.82, 2.24) is 14.7 Å². The third-order valence-corrected chi connectivity index (χ3v) is 2.86. The van der Waals surface area contributed by atoms with E-state index in [1.54, 1.807) is 24.2 Å². The number of carbonyl (C=O) groups is 2. The van der Waals surface area contributed by atoms with Crippen LogP contribution in [0.15, 0.2) is 12.3 Å². The molecule has 0 aliphatic carbocycles. The fourth-order valence-corrected chi connectivity index (χ4v) is 1.89. The highest BCUT2D eigenvalue weighted by atomic mass is 16.4. The second-order valence-corrected chi connectivity index (χ2v) is 3.92. The predicted molar refractivity (Wildman–Crippen MR) is 54.9 cm³/mol. The van der Waals surface area contributed by atoms with Gasteiger partial charge in [-0.25, -0.2) is 0 Å². The molecule has 1 N–H and O–H groups in total. The van der Waals surface area contributed by atoms with Crippen molar-refractivity contribution in [2.24, 2.45) is 13.0 Å². The summed E-state index contributed by atoms with van der Waals surface area (Å²) in [6.07, 6.45) is 2.08. The van der Waals surface area contributed by atoms with Gasteiger partial charge in [0.2, 0.25) is 0 Å². The summed E-state index contributed by atoms with van der Waals surface area (Å²) in [6, 6.07) is 1.64. The number of aliphatic carboxylic acids is 1. The summed E-state index contributed by atoms with van der Waals surface area (Å²) >= 11 is 0. The predicted octanol–water partition coefficient (Wildman–Crippen LogP) is -0.0332. The van der Waals surface area contributed by atoms with E-state index in [-0.39, 0.29) is 5.91 Å². The lowest BCUT2D eigenvalue weighted by atomic mass is 10.1. The standard InChI is InChI=1S/C10H13N3O3/c1-12-8(2-4-11-12)9(14)13-5-3-7(6-13)10(15)16/h2,4,7H,3,5-6H2,1H3,(H,15,16)/t7-/m0/s1. The van der Waals surface area contributed by atoms with Gasteiger partial charge in [-0.1, -0.05) is 0 Å². The lowest BCUT2D eigenvalue weighted by Crippen LogP contribution is -2.31. The molecule has 0 bridgehead atoms. The zero-order chi connectivity index (χ0) is 11.7. The Labute approximate surface area is 92.5 Å². The fraction of sp³-hybridized carbons (Fsp3) is 0.500. The molecule has 0 aromatic carbocycles. The molecule has 2 rings (SSSR count). The van der Waals surface area contributed by atoms with Crippen molar-refractivity contribution in [2.45, 2.75) is 6.42 Å². The van der Waals surface area contributed by atoms with E-state index < -0.39 is 11.9 Å². The highest BCUT2D eigenvalue weighted by Gasteiger charge is 2.32. The number of nitrogens with zero attached hydrogens (tertiary/aromatic N) is 3. The minimum Gasteiger partial charge on any atom is -0.481 e. The molecule has 1 amide bonds. The number of amides is 1. The molecular weight excluding hydrogens is 210 g/mol. The van der Waals surface area contributed by atoms with Crippen LogP contribution in [0.3, 0.4) is 0 Å². The lowest BCUT2D eigenvalue weighted by molar-refractivity contribution is -0.141. The van der Waals surface area contributed by atoms with Crippen LogP contribution in [0.1, 0.15) is 16.9 Å². The topological polar surface area (TPSA) is 75.4 Å². The van der Waals surface area contributed by atoms with E-state index >= 15 is 0 Å². The van der Waals surface area contributed by atoms with Gasteiger partial charge in [-0.3, -0.25) is 14.3 Å². The molecule has 2 heterocycles. The van der Waals surface area contributed by atoms with Crippen LogP contribution in [-0.2, 0) is 11.8 Å². The molecule has 1 aromatic rings. The first-order valence-corrected chi connectivity index (χ1v) is 5.09. The molecular formula is C10H13N3O3. The Kier molecular flexibility index (Phi) is 2.64. The molecule has 0 saturated carbocycles. The maximum absolute atomic E-state index is 12.0. The number of carboxylic acids is 1. The highest BCUT2D eigenvalue weighted by Crippen LogP contribution is 2.18. The second-order valence-electron chi connectivity index (χ2n) is 3.92. The summed E-state index contributed by atoms with van der Waals surface area (Å²) in [4.78, 5) is 24.3. The SMILES string of the molecule is Cn1nccc1C(=O)N1CC[C@H](C(=O)O)C1. The van der Waals surface area contributed by atoms with Gasteiger partial charge < -0.3 is 10.0 Å². The first kappa shape index (κ1) is 10.7. The van der Waals surface area contributed by atoms with Gasteiger partial charge in [0, 0.05) is 26.3 Å². The molecule has 0 spiro atoms. The highest BCUT2D eigenvalue weighted by molar-refractivity contribution is 5.93. The summed E-state index contributed by atoms with van der Waals surface area (Å²) in [7, 11) is 1.69. The van der Waals surface area contributed by atoms with Crippen LogP contribution in [0.5, 0.6) is 0 Å². The smallest absolute Gasteiger partial charge is 0.308 e. The van der Waals surface area contributed by atoms with E-state index in [0.29, 0.717) is 25.2 Å². The number of aryl methyl sites for hydroxylation is 1. The molecule has 0 unspecified atom stereocenters. The van der Waals surface area contributed by atoms with Crippen molar-refractivity contribution >= 4 is 11.9 Å². The van der Waals surface area contributed by atoms with E-state index in [1.165, 1.54) is 4.68 Å². The molecule has 1 atom stereocenters. The number of hydrogen-bond acceptors (Lipinski definition) is 3. The molecule has 1 aliphatic heterocycles. The number of hydrogen-bond donors (Lipinski definition) is 1. The maximum atomic E-state index is 12.0. The molecule has 1 saturated heterocycles. The molecule has 1 aromatic heterocycles. The minimum absolute atomic E-state index is 0.149. The molecule has 16 heavy (non-hydrogen) atoms. The Morgan fingerprint density at radius 2 is 2.31 bits per heavy atom. The van der Waals surface area contributed by atoms with Gasteiger partial charge in [-0.15, -0.1) is 0 Å². The Balaban J connectivity index is 2.08. The van der Waals surface area contributed by atoms with Gasteiger partial charge in [-0.05, 0) is 12.5 Å². The van der Waals surface area contributed by atoms with Crippen molar-refractivity contribution in [3.05, 3.63) is 18.0 Å². The van der Waals surface area contributed by atoms with E-state index in [0.717, 1.165) is 0 Å². The van der Waals surface area contributed by atoms with E-state index in [4.69, 9.17) is 5.11 Å². The van der Waals surface area contributed by atoms with E-state index in [9.17, 15) is 9.59 Å². The third kappa shape index (κ3) is 1.78. The zero-order valence-corrected chi connectivity index (χ0v) is 8.96. The largest absolute Gasteiger partial charge is 0.481 e. The molecule has 1 fully saturated rings. The number of likely N-dealkylation sites (tertiary alicyclic amines) is 1. The van der Waals surface area contributed by atoms with Gasteiger partial charge in [0.1, 0.15) is 5.69 Å². The second kappa shape index (κ2) is 3.96. The number of carboxylic acid groups (broad SMARTS) is 1. The number of rotatable bonds is 2. The van der Waals surface area contributed by atoms with Gasteiger partial charge in [0.15, 0.2) is 0 Å². The minimum atomic E-state index is -0.833. The van der Waals surface area contributed by atoms with Crippen molar-refractivity contribution in [1.29, 1.82) is 0 Å². The third-order valence-electron chi connectivity index (χ3n) is 2.86. The Hall–Kier alpha value is -1.85. The van der Waals surface area contributed by atoms with Gasteiger partial charge in [0.05, 0.1) is 5.92 Å². The number of carbonyl (C=O) groups excluding carboxylic acids is 1. The van der Waals surface area contributed by atoms with Gasteiger partial charge >= 0.3 is 5.97 Å². The van der Waals surface area contributed by atoms with Crippen molar-refractivity contribution in [3.8, 4) is 0 Å². The normalized spacial score (nSPS) is 20.1. The molecule has 1 aliphatic rings. The summed E-state index contributed by atoms with van der Waals surface area (Å²) in [5.74, 6) is -1.42. The maximum Gasteiger partial charge on any atom is 0.308 e. The average molecular weight is 223 g/mol. The number of aromatic nitrogens is 2. The van der Waals surface area contributed by atoms with Crippen LogP contribution in [0.2, 0.25) is 0 Å². The first-order chi connectivity index (χ1) is 7.59. The van der Waals surface area contributed by atoms with Crippen LogP contribution in [-0.4, -0.2) is 44.8 Å². The summed E-state index contributed by atoms with van der Waals surface area (Å²) in [6.45, 7) is 0.792. The Morgan fingerprint density at radius 1 is 1.56 bits per heavy atom. The monoisotopic (exact) mass is 223 g/mol. The van der Waals surface area contributed by atoms with Crippen LogP contribution < -0.4 is 0 Å². The van der Waals surface area contributed by atoms with E-state index in [2.05, 4.69) is 5.10 Å². The van der Waals surface area contributed by atoms with E-state index in [1.807, 2.05) is 0 Å². The molecule has 86 valence electrons. The molecule has 0 radical (unpaired) electrons. The van der Waals surface area contributed by atoms with Crippen LogP contribution in [0.25, 0.3) is 0 Å². The summed E-state index contributed by atoms with van der Waals surface area (Å²) in [5, 5.41) is 12.8. The summed E-state index contributed by atoms with van der Waals surface area (Å²) in [5.41, 5.74) is 0.492. The Bertz CT molecular complexity index is 427. The fourth-order valence-electron chi connectivity index (χ4n) is 1.89. The van der Waals surface area contributed by atoms with Crippen molar-refractivity contribution < 1.29 is 14.7 Å². The van der Waals surface area contributed by atoms with Gasteiger partial charge in [-0.2, -0.15) is 5.10 Å². The zero-order valence-electron chi connectivity index (χ0n) is 8.96. The van der Waals surface area contributed by atoms with Crippen molar-refractivity contribution in [2.75, 3.05) is 13.1 Å². The Morgan fingerprint density at radius 3 is 2.81 bits per heavy atom. The summed E-state index contributed by atoms with van der Waals surface area (Å²) < 4.78 is 1.50. The molecule has 6 nitrogen and oxygen atoms in total. The average Bonchev–Trinajstić information content (AvgIpc) is 2.84.